The van der Waals surface area contributed by atoms with Crippen LogP contribution in [0, 0.1) is 6.92 Å². The molecule has 0 unspecified atom stereocenters. The zero-order valence-electron chi connectivity index (χ0n) is 13.1. The van der Waals surface area contributed by atoms with E-state index in [2.05, 4.69) is 21.8 Å². The van der Waals surface area contributed by atoms with Gasteiger partial charge in [0.25, 0.3) is 0 Å². The maximum Gasteiger partial charge on any atom is 0.227 e. The molecular weight excluding hydrogens is 262 g/mol. The molecule has 1 amide bonds. The number of amides is 1. The van der Waals surface area contributed by atoms with Crippen molar-refractivity contribution in [3.05, 3.63) is 29.6 Å². The van der Waals surface area contributed by atoms with Gasteiger partial charge in [0.1, 0.15) is 0 Å². The molecule has 4 nitrogen and oxygen atoms in total. The first-order valence-corrected chi connectivity index (χ1v) is 8.06. The van der Waals surface area contributed by atoms with Crippen LogP contribution in [0.4, 0.5) is 0 Å². The molecule has 0 aromatic carbocycles. The minimum Gasteiger partial charge on any atom is -0.338 e. The number of hydrogen-bond donors (Lipinski definition) is 0. The van der Waals surface area contributed by atoms with Crippen molar-refractivity contribution >= 4 is 5.91 Å². The largest absolute Gasteiger partial charge is 0.338 e. The molecule has 3 rings (SSSR count). The van der Waals surface area contributed by atoms with Crippen LogP contribution in [-0.2, 0) is 11.2 Å². The molecule has 0 spiro atoms. The van der Waals surface area contributed by atoms with E-state index in [0.717, 1.165) is 30.6 Å². The van der Waals surface area contributed by atoms with Crippen LogP contribution < -0.4 is 0 Å². The van der Waals surface area contributed by atoms with Crippen LogP contribution in [0.1, 0.15) is 36.9 Å². The highest BCUT2D eigenvalue weighted by Gasteiger charge is 2.38. The number of aryl methyl sites for hydroxylation is 1. The second-order valence-corrected chi connectivity index (χ2v) is 6.47. The van der Waals surface area contributed by atoms with Crippen molar-refractivity contribution in [1.82, 2.24) is 14.8 Å². The van der Waals surface area contributed by atoms with E-state index >= 15 is 0 Å². The number of likely N-dealkylation sites (tertiary alicyclic amines) is 2. The smallest absolute Gasteiger partial charge is 0.227 e. The Morgan fingerprint density at radius 3 is 2.67 bits per heavy atom. The Balaban J connectivity index is 1.67. The van der Waals surface area contributed by atoms with Gasteiger partial charge in [0.05, 0.1) is 6.42 Å². The van der Waals surface area contributed by atoms with Crippen LogP contribution in [0.15, 0.2) is 18.3 Å². The summed E-state index contributed by atoms with van der Waals surface area (Å²) in [5.74, 6) is 0.267. The topological polar surface area (TPSA) is 36.4 Å². The Hall–Kier alpha value is -1.42. The molecule has 4 heteroatoms. The van der Waals surface area contributed by atoms with E-state index in [9.17, 15) is 4.79 Å². The summed E-state index contributed by atoms with van der Waals surface area (Å²) in [5, 5.41) is 0. The summed E-state index contributed by atoms with van der Waals surface area (Å²) < 4.78 is 0. The summed E-state index contributed by atoms with van der Waals surface area (Å²) in [7, 11) is 2.20. The van der Waals surface area contributed by atoms with Gasteiger partial charge in [-0.1, -0.05) is 6.07 Å². The molecule has 2 fully saturated rings. The van der Waals surface area contributed by atoms with Crippen LogP contribution in [0.5, 0.6) is 0 Å². The fourth-order valence-corrected chi connectivity index (χ4v) is 3.80. The van der Waals surface area contributed by atoms with Gasteiger partial charge in [-0.05, 0) is 57.8 Å². The van der Waals surface area contributed by atoms with Crippen LogP contribution in [-0.4, -0.2) is 52.9 Å². The predicted octanol–water partition coefficient (Wildman–Crippen LogP) is 2.02. The molecule has 0 N–H and O–H groups in total. The number of carbonyl (C=O) groups excluding carboxylic acids is 1. The van der Waals surface area contributed by atoms with Gasteiger partial charge in [0, 0.05) is 30.5 Å². The van der Waals surface area contributed by atoms with E-state index < -0.39 is 0 Å². The van der Waals surface area contributed by atoms with Gasteiger partial charge in [-0.25, -0.2) is 0 Å². The van der Waals surface area contributed by atoms with Crippen molar-refractivity contribution in [2.24, 2.45) is 0 Å². The predicted molar refractivity (Wildman–Crippen MR) is 83.1 cm³/mol. The van der Waals surface area contributed by atoms with E-state index in [-0.39, 0.29) is 5.91 Å². The fourth-order valence-electron chi connectivity index (χ4n) is 3.80. The lowest BCUT2D eigenvalue weighted by molar-refractivity contribution is -0.132. The Morgan fingerprint density at radius 2 is 2.00 bits per heavy atom. The Morgan fingerprint density at radius 1 is 1.24 bits per heavy atom. The molecule has 3 heterocycles. The first-order chi connectivity index (χ1) is 10.1. The number of nitrogens with zero attached hydrogens (tertiary/aromatic N) is 3. The number of hydrogen-bond acceptors (Lipinski definition) is 3. The van der Waals surface area contributed by atoms with E-state index in [0.29, 0.717) is 18.5 Å². The van der Waals surface area contributed by atoms with Crippen molar-refractivity contribution in [1.29, 1.82) is 0 Å². The number of carbonyl (C=O) groups is 1. The number of rotatable bonds is 3. The molecule has 2 atom stereocenters. The number of aromatic nitrogens is 1. The molecule has 21 heavy (non-hydrogen) atoms. The maximum absolute atomic E-state index is 12.7. The summed E-state index contributed by atoms with van der Waals surface area (Å²) >= 11 is 0. The normalized spacial score (nSPS) is 26.5. The minimum atomic E-state index is 0.267. The monoisotopic (exact) mass is 287 g/mol. The quantitative estimate of drug-likeness (QED) is 0.853. The third-order valence-corrected chi connectivity index (χ3v) is 4.97. The highest BCUT2D eigenvalue weighted by molar-refractivity contribution is 5.79. The summed E-state index contributed by atoms with van der Waals surface area (Å²) in [6, 6.07) is 4.98. The van der Waals surface area contributed by atoms with Gasteiger partial charge < -0.3 is 9.80 Å². The zero-order valence-corrected chi connectivity index (χ0v) is 13.1. The molecule has 1 aromatic rings. The molecule has 0 radical (unpaired) electrons. The second kappa shape index (κ2) is 6.14. The van der Waals surface area contributed by atoms with Gasteiger partial charge >= 0.3 is 0 Å². The number of likely N-dealkylation sites (N-methyl/N-ethyl adjacent to an activating group) is 1. The fraction of sp³-hybridized carbons (Fsp3) is 0.647. The molecule has 2 aliphatic heterocycles. The third kappa shape index (κ3) is 3.10. The average molecular weight is 287 g/mol. The van der Waals surface area contributed by atoms with Crippen LogP contribution in [0.25, 0.3) is 0 Å². The van der Waals surface area contributed by atoms with E-state index in [1.54, 1.807) is 0 Å². The molecule has 0 aliphatic carbocycles. The Labute approximate surface area is 127 Å². The van der Waals surface area contributed by atoms with Crippen molar-refractivity contribution < 1.29 is 4.79 Å². The maximum atomic E-state index is 12.7. The van der Waals surface area contributed by atoms with Gasteiger partial charge in [-0.2, -0.15) is 0 Å². The highest BCUT2D eigenvalue weighted by atomic mass is 16.2. The van der Waals surface area contributed by atoms with Gasteiger partial charge in [0.2, 0.25) is 5.91 Å². The van der Waals surface area contributed by atoms with E-state index in [1.165, 1.54) is 19.4 Å². The SMILES string of the molecule is Cc1ccc(CC(=O)N2CCC[C@H]2[C@@H]2CCCN2C)cn1. The molecule has 0 saturated carbocycles. The van der Waals surface area contributed by atoms with Crippen LogP contribution in [0.2, 0.25) is 0 Å². The van der Waals surface area contributed by atoms with Gasteiger partial charge in [-0.3, -0.25) is 9.78 Å². The molecule has 2 saturated heterocycles. The Bertz CT molecular complexity index is 499. The molecular formula is C17H25N3O. The second-order valence-electron chi connectivity index (χ2n) is 6.47. The summed E-state index contributed by atoms with van der Waals surface area (Å²) in [5.41, 5.74) is 2.02. The zero-order chi connectivity index (χ0) is 14.8. The van der Waals surface area contributed by atoms with Crippen molar-refractivity contribution in [3.63, 3.8) is 0 Å². The molecule has 1 aromatic heterocycles. The van der Waals surface area contributed by atoms with Crippen molar-refractivity contribution in [2.45, 2.75) is 51.1 Å². The van der Waals surface area contributed by atoms with E-state index in [1.807, 2.05) is 25.3 Å². The van der Waals surface area contributed by atoms with Crippen molar-refractivity contribution in [2.75, 3.05) is 20.1 Å². The lowest BCUT2D eigenvalue weighted by Gasteiger charge is -2.33. The van der Waals surface area contributed by atoms with Crippen LogP contribution in [0.3, 0.4) is 0 Å². The highest BCUT2D eigenvalue weighted by Crippen LogP contribution is 2.29. The lowest BCUT2D eigenvalue weighted by atomic mass is 10.0. The minimum absolute atomic E-state index is 0.267. The van der Waals surface area contributed by atoms with Gasteiger partial charge in [-0.15, -0.1) is 0 Å². The van der Waals surface area contributed by atoms with Crippen molar-refractivity contribution in [3.8, 4) is 0 Å². The summed E-state index contributed by atoms with van der Waals surface area (Å²) in [6.07, 6.45) is 7.12. The Kier molecular flexibility index (Phi) is 4.24. The number of pyridine rings is 1. The first-order valence-electron chi connectivity index (χ1n) is 8.06. The van der Waals surface area contributed by atoms with E-state index in [4.69, 9.17) is 0 Å². The molecule has 0 bridgehead atoms. The molecule has 114 valence electrons. The molecule has 2 aliphatic rings. The van der Waals surface area contributed by atoms with Crippen LogP contribution >= 0.6 is 0 Å². The third-order valence-electron chi connectivity index (χ3n) is 4.97. The average Bonchev–Trinajstić information content (AvgIpc) is 3.09. The summed E-state index contributed by atoms with van der Waals surface area (Å²) in [4.78, 5) is 21.5. The summed E-state index contributed by atoms with van der Waals surface area (Å²) in [6.45, 7) is 4.07. The first kappa shape index (κ1) is 14.5. The lowest BCUT2D eigenvalue weighted by Crippen LogP contribution is -2.47. The van der Waals surface area contributed by atoms with Gasteiger partial charge in [0.15, 0.2) is 0 Å². The standard InChI is InChI=1S/C17H25N3O/c1-13-7-8-14(12-18-13)11-17(21)20-10-4-6-16(20)15-5-3-9-19(15)2/h7-8,12,15-16H,3-6,9-11H2,1-2H3/t15-,16-/m0/s1.